The van der Waals surface area contributed by atoms with E-state index in [-0.39, 0.29) is 24.0 Å². The molecular weight excluding hydrogens is 286 g/mol. The van der Waals surface area contributed by atoms with Crippen molar-refractivity contribution in [2.45, 2.75) is 65.3 Å². The fraction of sp³-hybridized carbons (Fsp3) is 0.850. The molecule has 0 aromatic heterocycles. The standard InChI is InChI=1S/C20H31NO2/c1-12-4-6-15-14-5-7-17-20(3,10-13(11-22)18(23)21-17)16(14)8-9-19(12,15)2/h10,12,14-17,22H,4-9,11H2,1-3H3,(H,21,23)/t12?,14-,15-,16+,17?,19+,20+/m0/s1. The van der Waals surface area contributed by atoms with Gasteiger partial charge >= 0.3 is 0 Å². The van der Waals surface area contributed by atoms with Crippen LogP contribution in [0, 0.1) is 34.5 Å². The van der Waals surface area contributed by atoms with Crippen LogP contribution in [0.3, 0.4) is 0 Å². The number of carbonyl (C=O) groups excluding carboxylic acids is 1. The van der Waals surface area contributed by atoms with Gasteiger partial charge in [0.25, 0.3) is 0 Å². The largest absolute Gasteiger partial charge is 0.391 e. The first-order chi connectivity index (χ1) is 10.9. The van der Waals surface area contributed by atoms with Crippen molar-refractivity contribution in [3.8, 4) is 0 Å². The molecule has 3 nitrogen and oxygen atoms in total. The van der Waals surface area contributed by atoms with Gasteiger partial charge in [-0.1, -0.05) is 26.8 Å². The summed E-state index contributed by atoms with van der Waals surface area (Å²) in [7, 11) is 0. The van der Waals surface area contributed by atoms with Gasteiger partial charge in [-0.25, -0.2) is 0 Å². The topological polar surface area (TPSA) is 49.3 Å². The molecule has 128 valence electrons. The summed E-state index contributed by atoms with van der Waals surface area (Å²) >= 11 is 0. The molecule has 3 fully saturated rings. The summed E-state index contributed by atoms with van der Waals surface area (Å²) < 4.78 is 0. The van der Waals surface area contributed by atoms with Crippen molar-refractivity contribution in [1.82, 2.24) is 5.32 Å². The predicted octanol–water partition coefficient (Wildman–Crippen LogP) is 3.28. The van der Waals surface area contributed by atoms with Crippen LogP contribution in [0.25, 0.3) is 0 Å². The van der Waals surface area contributed by atoms with Gasteiger partial charge < -0.3 is 10.4 Å². The molecular formula is C20H31NO2. The fourth-order valence-corrected chi connectivity index (χ4v) is 6.90. The average Bonchev–Trinajstić information content (AvgIpc) is 2.83. The number of amides is 1. The van der Waals surface area contributed by atoms with Crippen LogP contribution in [0.4, 0.5) is 0 Å². The molecule has 1 amide bonds. The molecule has 4 aliphatic rings. The van der Waals surface area contributed by atoms with Crippen LogP contribution in [0.2, 0.25) is 0 Å². The number of hydrogen-bond donors (Lipinski definition) is 2. The summed E-state index contributed by atoms with van der Waals surface area (Å²) in [6.45, 7) is 7.20. The van der Waals surface area contributed by atoms with E-state index in [1.807, 2.05) is 0 Å². The number of nitrogens with one attached hydrogen (secondary N) is 1. The Morgan fingerprint density at radius 3 is 2.70 bits per heavy atom. The third-order valence-electron chi connectivity index (χ3n) is 8.50. The molecule has 0 bridgehead atoms. The lowest BCUT2D eigenvalue weighted by molar-refractivity contribution is -0.124. The van der Waals surface area contributed by atoms with E-state index in [0.717, 1.165) is 24.2 Å². The summed E-state index contributed by atoms with van der Waals surface area (Å²) in [5, 5.41) is 12.8. The molecule has 3 heteroatoms. The van der Waals surface area contributed by atoms with Crippen molar-refractivity contribution in [2.75, 3.05) is 6.61 Å². The summed E-state index contributed by atoms with van der Waals surface area (Å²) in [5.41, 5.74) is 1.14. The Morgan fingerprint density at radius 2 is 1.96 bits per heavy atom. The molecule has 0 radical (unpaired) electrons. The third-order valence-corrected chi connectivity index (χ3v) is 8.50. The van der Waals surface area contributed by atoms with Crippen molar-refractivity contribution in [3.05, 3.63) is 11.6 Å². The lowest BCUT2D eigenvalue weighted by Crippen LogP contribution is -2.60. The van der Waals surface area contributed by atoms with Crippen molar-refractivity contribution in [2.24, 2.45) is 34.5 Å². The van der Waals surface area contributed by atoms with Crippen molar-refractivity contribution in [3.63, 3.8) is 0 Å². The van der Waals surface area contributed by atoms with Gasteiger partial charge in [0.2, 0.25) is 5.91 Å². The van der Waals surface area contributed by atoms with E-state index >= 15 is 0 Å². The SMILES string of the molecule is CC1CC[C@H]2[C@@H]3CCC4NC(=O)C(CO)=C[C@]4(C)[C@@H]3CC[C@]12C. The third kappa shape index (κ3) is 2.01. The van der Waals surface area contributed by atoms with Gasteiger partial charge in [0, 0.05) is 17.0 Å². The Hall–Kier alpha value is -0.830. The highest BCUT2D eigenvalue weighted by atomic mass is 16.3. The molecule has 2 N–H and O–H groups in total. The van der Waals surface area contributed by atoms with Gasteiger partial charge in [0.05, 0.1) is 6.61 Å². The van der Waals surface area contributed by atoms with E-state index in [0.29, 0.717) is 16.9 Å². The van der Waals surface area contributed by atoms with Crippen LogP contribution in [0.1, 0.15) is 59.3 Å². The minimum Gasteiger partial charge on any atom is -0.391 e. The first-order valence-electron chi connectivity index (χ1n) is 9.53. The van der Waals surface area contributed by atoms with E-state index in [9.17, 15) is 9.90 Å². The highest BCUT2D eigenvalue weighted by Crippen LogP contribution is 2.64. The second kappa shape index (κ2) is 5.08. The molecule has 1 aliphatic heterocycles. The molecule has 0 aromatic rings. The van der Waals surface area contributed by atoms with E-state index < -0.39 is 0 Å². The van der Waals surface area contributed by atoms with Gasteiger partial charge in [-0.15, -0.1) is 0 Å². The van der Waals surface area contributed by atoms with Gasteiger partial charge in [-0.2, -0.15) is 0 Å². The molecule has 1 heterocycles. The predicted molar refractivity (Wildman–Crippen MR) is 90.6 cm³/mol. The van der Waals surface area contributed by atoms with Gasteiger partial charge in [0.15, 0.2) is 0 Å². The zero-order valence-corrected chi connectivity index (χ0v) is 14.8. The van der Waals surface area contributed by atoms with Gasteiger partial charge in [0.1, 0.15) is 0 Å². The maximum atomic E-state index is 12.1. The molecule has 4 rings (SSSR count). The van der Waals surface area contributed by atoms with Crippen LogP contribution in [-0.2, 0) is 4.79 Å². The Balaban J connectivity index is 1.70. The number of hydrogen-bond acceptors (Lipinski definition) is 2. The monoisotopic (exact) mass is 317 g/mol. The minimum absolute atomic E-state index is 0.0298. The van der Waals surface area contributed by atoms with Crippen molar-refractivity contribution >= 4 is 5.91 Å². The fourth-order valence-electron chi connectivity index (χ4n) is 6.90. The smallest absolute Gasteiger partial charge is 0.249 e. The van der Waals surface area contributed by atoms with Crippen LogP contribution < -0.4 is 5.32 Å². The molecule has 0 saturated heterocycles. The van der Waals surface area contributed by atoms with E-state index in [4.69, 9.17) is 0 Å². The molecule has 0 spiro atoms. The quantitative estimate of drug-likeness (QED) is 0.780. The second-order valence-corrected chi connectivity index (χ2v) is 9.20. The van der Waals surface area contributed by atoms with Crippen LogP contribution >= 0.6 is 0 Å². The summed E-state index contributed by atoms with van der Waals surface area (Å²) in [5.74, 6) is 3.12. The first kappa shape index (κ1) is 15.7. The first-order valence-corrected chi connectivity index (χ1v) is 9.53. The van der Waals surface area contributed by atoms with E-state index in [1.165, 1.54) is 32.1 Å². The highest BCUT2D eigenvalue weighted by Gasteiger charge is 2.59. The van der Waals surface area contributed by atoms with Crippen LogP contribution in [0.5, 0.6) is 0 Å². The number of aliphatic hydroxyl groups excluding tert-OH is 1. The van der Waals surface area contributed by atoms with E-state index in [1.54, 1.807) is 0 Å². The lowest BCUT2D eigenvalue weighted by Gasteiger charge is -2.59. The summed E-state index contributed by atoms with van der Waals surface area (Å²) in [4.78, 5) is 12.1. The minimum atomic E-state index is -0.135. The summed E-state index contributed by atoms with van der Waals surface area (Å²) in [6.07, 6.45) is 9.90. The maximum Gasteiger partial charge on any atom is 0.249 e. The van der Waals surface area contributed by atoms with Crippen LogP contribution in [0.15, 0.2) is 11.6 Å². The Kier molecular flexibility index (Phi) is 3.46. The number of carbonyl (C=O) groups is 1. The molecule has 0 aromatic carbocycles. The zero-order valence-electron chi connectivity index (χ0n) is 14.8. The number of rotatable bonds is 1. The van der Waals surface area contributed by atoms with E-state index in [2.05, 4.69) is 32.2 Å². The molecule has 3 aliphatic carbocycles. The summed E-state index contributed by atoms with van der Waals surface area (Å²) in [6, 6.07) is 0.259. The molecule has 3 saturated carbocycles. The van der Waals surface area contributed by atoms with Crippen LogP contribution in [-0.4, -0.2) is 23.7 Å². The van der Waals surface area contributed by atoms with Gasteiger partial charge in [-0.05, 0) is 67.6 Å². The Morgan fingerprint density at radius 1 is 1.17 bits per heavy atom. The highest BCUT2D eigenvalue weighted by molar-refractivity contribution is 5.95. The molecule has 23 heavy (non-hydrogen) atoms. The lowest BCUT2D eigenvalue weighted by atomic mass is 9.48. The van der Waals surface area contributed by atoms with Crippen molar-refractivity contribution < 1.29 is 9.90 Å². The average molecular weight is 317 g/mol. The normalized spacial score (nSPS) is 52.1. The van der Waals surface area contributed by atoms with Gasteiger partial charge in [-0.3, -0.25) is 4.79 Å². The Bertz CT molecular complexity index is 556. The molecule has 2 unspecified atom stereocenters. The second-order valence-electron chi connectivity index (χ2n) is 9.20. The number of fused-ring (bicyclic) bond motifs is 5. The number of aliphatic hydroxyl groups is 1. The zero-order chi connectivity index (χ0) is 16.4. The van der Waals surface area contributed by atoms with Crippen molar-refractivity contribution in [1.29, 1.82) is 0 Å². The Labute approximate surface area is 139 Å². The molecule has 7 atom stereocenters. The maximum absolute atomic E-state index is 12.1.